The molecule has 2 rings (SSSR count). The molecule has 0 radical (unpaired) electrons. The van der Waals surface area contributed by atoms with Crippen LogP contribution in [0.2, 0.25) is 0 Å². The second-order valence-electron chi connectivity index (χ2n) is 6.13. The molecular weight excluding hydrogens is 330 g/mol. The Morgan fingerprint density at radius 1 is 1.25 bits per heavy atom. The van der Waals surface area contributed by atoms with E-state index in [1.165, 1.54) is 0 Å². The molecule has 0 bridgehead atoms. The second kappa shape index (κ2) is 9.61. The second-order valence-corrected chi connectivity index (χ2v) is 6.13. The van der Waals surface area contributed by atoms with E-state index in [1.54, 1.807) is 31.1 Å². The zero-order chi connectivity index (χ0) is 16.8. The molecule has 1 aromatic rings. The summed E-state index contributed by atoms with van der Waals surface area (Å²) < 4.78 is 5.29. The van der Waals surface area contributed by atoms with E-state index in [-0.39, 0.29) is 30.1 Å². The van der Waals surface area contributed by atoms with Gasteiger partial charge in [0.05, 0.1) is 12.5 Å². The summed E-state index contributed by atoms with van der Waals surface area (Å²) in [6, 6.07) is 6.77. The van der Waals surface area contributed by atoms with Crippen LogP contribution in [0.4, 0.5) is 5.69 Å². The van der Waals surface area contributed by atoms with Gasteiger partial charge in [0.1, 0.15) is 0 Å². The van der Waals surface area contributed by atoms with Crippen LogP contribution in [-0.2, 0) is 20.7 Å². The number of carbonyl (C=O) groups is 2. The molecule has 1 unspecified atom stereocenters. The molecule has 24 heavy (non-hydrogen) atoms. The maximum Gasteiger partial charge on any atom is 0.241 e. The highest BCUT2D eigenvalue weighted by Crippen LogP contribution is 2.19. The minimum absolute atomic E-state index is 0. The summed E-state index contributed by atoms with van der Waals surface area (Å²) in [5.74, 6) is 0.0399. The van der Waals surface area contributed by atoms with Crippen LogP contribution in [0, 0.1) is 5.92 Å². The van der Waals surface area contributed by atoms with Crippen LogP contribution in [0.15, 0.2) is 24.3 Å². The lowest BCUT2D eigenvalue weighted by Gasteiger charge is -2.26. The number of nitrogens with zero attached hydrogens (tertiary/aromatic N) is 1. The number of carbonyl (C=O) groups excluding carboxylic acids is 2. The first-order valence-electron chi connectivity index (χ1n) is 7.90. The van der Waals surface area contributed by atoms with Gasteiger partial charge in [-0.25, -0.2) is 0 Å². The number of hydrogen-bond donors (Lipinski definition) is 2. The molecule has 1 atom stereocenters. The van der Waals surface area contributed by atoms with Gasteiger partial charge in [-0.1, -0.05) is 12.1 Å². The first kappa shape index (κ1) is 20.4. The normalized spacial score (nSPS) is 16.0. The Morgan fingerprint density at radius 3 is 2.38 bits per heavy atom. The van der Waals surface area contributed by atoms with Crippen molar-refractivity contribution in [3.8, 4) is 0 Å². The first-order valence-corrected chi connectivity index (χ1v) is 7.90. The third kappa shape index (κ3) is 5.78. The molecule has 7 heteroatoms. The van der Waals surface area contributed by atoms with Crippen molar-refractivity contribution >= 4 is 29.9 Å². The third-order valence-electron chi connectivity index (χ3n) is 4.15. The highest BCUT2D eigenvalue weighted by Gasteiger charge is 2.26. The van der Waals surface area contributed by atoms with Crippen LogP contribution < -0.4 is 11.1 Å². The van der Waals surface area contributed by atoms with Gasteiger partial charge >= 0.3 is 0 Å². The number of hydrogen-bond acceptors (Lipinski definition) is 4. The quantitative estimate of drug-likeness (QED) is 0.836. The topological polar surface area (TPSA) is 84.7 Å². The lowest BCUT2D eigenvalue weighted by atomic mass is 9.92. The smallest absolute Gasteiger partial charge is 0.241 e. The molecule has 0 spiro atoms. The lowest BCUT2D eigenvalue weighted by molar-refractivity contribution is -0.128. The molecule has 1 aliphatic rings. The monoisotopic (exact) mass is 355 g/mol. The Balaban J connectivity index is 0.00000288. The van der Waals surface area contributed by atoms with Gasteiger partial charge in [-0.15, -0.1) is 12.4 Å². The highest BCUT2D eigenvalue weighted by molar-refractivity contribution is 5.95. The standard InChI is InChI=1S/C17H25N3O3.ClH/c1-20(2)15(21)11-12-3-5-14(6-4-12)19-17(22)16(18)13-7-9-23-10-8-13;/h3-6,13,16H,7-11,18H2,1-2H3,(H,19,22);1H. The van der Waals surface area contributed by atoms with Crippen molar-refractivity contribution in [2.24, 2.45) is 11.7 Å². The summed E-state index contributed by atoms with van der Waals surface area (Å²) in [4.78, 5) is 25.5. The first-order chi connectivity index (χ1) is 11.0. The summed E-state index contributed by atoms with van der Waals surface area (Å²) in [6.07, 6.45) is 1.99. The Bertz CT molecular complexity index is 543. The number of likely N-dealkylation sites (N-methyl/N-ethyl adjacent to an activating group) is 1. The van der Waals surface area contributed by atoms with Crippen molar-refractivity contribution in [3.05, 3.63) is 29.8 Å². The molecule has 0 saturated carbocycles. The zero-order valence-corrected chi connectivity index (χ0v) is 15.0. The van der Waals surface area contributed by atoms with Gasteiger partial charge in [-0.05, 0) is 36.5 Å². The highest BCUT2D eigenvalue weighted by atomic mass is 35.5. The Morgan fingerprint density at radius 2 is 1.83 bits per heavy atom. The number of halogens is 1. The largest absolute Gasteiger partial charge is 0.381 e. The van der Waals surface area contributed by atoms with Gasteiger partial charge < -0.3 is 20.7 Å². The van der Waals surface area contributed by atoms with E-state index >= 15 is 0 Å². The number of ether oxygens (including phenoxy) is 1. The molecule has 1 aliphatic heterocycles. The molecule has 1 aromatic carbocycles. The molecule has 0 aromatic heterocycles. The fourth-order valence-corrected chi connectivity index (χ4v) is 2.55. The van der Waals surface area contributed by atoms with Crippen molar-refractivity contribution in [1.82, 2.24) is 4.90 Å². The average molecular weight is 356 g/mol. The molecular formula is C17H26ClN3O3. The van der Waals surface area contributed by atoms with Crippen LogP contribution >= 0.6 is 12.4 Å². The van der Waals surface area contributed by atoms with E-state index in [2.05, 4.69) is 5.32 Å². The Hall–Kier alpha value is -1.63. The minimum Gasteiger partial charge on any atom is -0.381 e. The van der Waals surface area contributed by atoms with Crippen molar-refractivity contribution in [2.45, 2.75) is 25.3 Å². The van der Waals surface area contributed by atoms with Crippen LogP contribution in [0.25, 0.3) is 0 Å². The minimum atomic E-state index is -0.520. The van der Waals surface area contributed by atoms with E-state index in [4.69, 9.17) is 10.5 Å². The zero-order valence-electron chi connectivity index (χ0n) is 14.2. The van der Waals surface area contributed by atoms with Crippen LogP contribution in [0.3, 0.4) is 0 Å². The number of rotatable bonds is 5. The molecule has 134 valence electrons. The van der Waals surface area contributed by atoms with Gasteiger partial charge in [0.15, 0.2) is 0 Å². The molecule has 1 heterocycles. The van der Waals surface area contributed by atoms with Gasteiger partial charge in [0, 0.05) is 33.0 Å². The third-order valence-corrected chi connectivity index (χ3v) is 4.15. The molecule has 3 N–H and O–H groups in total. The van der Waals surface area contributed by atoms with Crippen molar-refractivity contribution < 1.29 is 14.3 Å². The van der Waals surface area contributed by atoms with E-state index in [0.717, 1.165) is 18.4 Å². The van der Waals surface area contributed by atoms with E-state index in [0.29, 0.717) is 25.3 Å². The van der Waals surface area contributed by atoms with Crippen molar-refractivity contribution in [3.63, 3.8) is 0 Å². The maximum atomic E-state index is 12.2. The van der Waals surface area contributed by atoms with Crippen LogP contribution in [-0.4, -0.2) is 50.1 Å². The number of anilines is 1. The lowest BCUT2D eigenvalue weighted by Crippen LogP contribution is -2.44. The summed E-state index contributed by atoms with van der Waals surface area (Å²) in [5, 5.41) is 2.84. The average Bonchev–Trinajstić information content (AvgIpc) is 2.56. The number of amides is 2. The van der Waals surface area contributed by atoms with Gasteiger partial charge in [-0.3, -0.25) is 9.59 Å². The predicted octanol–water partition coefficient (Wildman–Crippen LogP) is 1.43. The fourth-order valence-electron chi connectivity index (χ4n) is 2.55. The van der Waals surface area contributed by atoms with Crippen molar-refractivity contribution in [2.75, 3.05) is 32.6 Å². The van der Waals surface area contributed by atoms with Gasteiger partial charge in [0.25, 0.3) is 0 Å². The fraction of sp³-hybridized carbons (Fsp3) is 0.529. The van der Waals surface area contributed by atoms with Crippen molar-refractivity contribution in [1.29, 1.82) is 0 Å². The maximum absolute atomic E-state index is 12.2. The SMILES string of the molecule is CN(C)C(=O)Cc1ccc(NC(=O)C(N)C2CCOCC2)cc1.Cl. The Kier molecular flexibility index (Phi) is 8.18. The number of benzene rings is 1. The van der Waals surface area contributed by atoms with Crippen LogP contribution in [0.5, 0.6) is 0 Å². The predicted molar refractivity (Wildman–Crippen MR) is 96.2 cm³/mol. The molecule has 2 amide bonds. The Labute approximate surface area is 149 Å². The summed E-state index contributed by atoms with van der Waals surface area (Å²) in [5.41, 5.74) is 7.66. The summed E-state index contributed by atoms with van der Waals surface area (Å²) in [6.45, 7) is 1.33. The van der Waals surface area contributed by atoms with Gasteiger partial charge in [0.2, 0.25) is 11.8 Å². The van der Waals surface area contributed by atoms with Crippen LogP contribution in [0.1, 0.15) is 18.4 Å². The molecule has 1 saturated heterocycles. The molecule has 6 nitrogen and oxygen atoms in total. The molecule has 1 fully saturated rings. The number of nitrogens with two attached hydrogens (primary N) is 1. The van der Waals surface area contributed by atoms with E-state index in [9.17, 15) is 9.59 Å². The molecule has 0 aliphatic carbocycles. The summed E-state index contributed by atoms with van der Waals surface area (Å²) >= 11 is 0. The van der Waals surface area contributed by atoms with Gasteiger partial charge in [-0.2, -0.15) is 0 Å². The number of nitrogens with one attached hydrogen (secondary N) is 1. The summed E-state index contributed by atoms with van der Waals surface area (Å²) in [7, 11) is 3.46. The van der Waals surface area contributed by atoms with E-state index in [1.807, 2.05) is 12.1 Å². The van der Waals surface area contributed by atoms with E-state index < -0.39 is 6.04 Å².